The molecule has 5 N–H and O–H groups in total. The van der Waals surface area contributed by atoms with Crippen LogP contribution in [0.1, 0.15) is 11.1 Å². The van der Waals surface area contributed by atoms with Crippen molar-refractivity contribution < 1.29 is 5.11 Å². The summed E-state index contributed by atoms with van der Waals surface area (Å²) in [6, 6.07) is 7.15. The van der Waals surface area contributed by atoms with E-state index in [4.69, 9.17) is 24.6 Å². The molecule has 1 rings (SSSR count). The lowest BCUT2D eigenvalue weighted by atomic mass is 10.1. The van der Waals surface area contributed by atoms with Crippen molar-refractivity contribution in [3.05, 3.63) is 41.5 Å². The first-order chi connectivity index (χ1) is 7.17. The Balaban J connectivity index is 2.92. The summed E-state index contributed by atoms with van der Waals surface area (Å²) >= 11 is 0. The third-order valence-corrected chi connectivity index (χ3v) is 1.92. The maximum Gasteiger partial charge on any atom is 0.262 e. The second kappa shape index (κ2) is 5.21. The van der Waals surface area contributed by atoms with Gasteiger partial charge in [0.15, 0.2) is 0 Å². The minimum Gasteiger partial charge on any atom is -0.398 e. The number of hydrogen-bond donors (Lipinski definition) is 3. The first kappa shape index (κ1) is 11.3. The van der Waals surface area contributed by atoms with Crippen molar-refractivity contribution >= 4 is 19.5 Å². The fourth-order valence-corrected chi connectivity index (χ4v) is 1.08. The van der Waals surface area contributed by atoms with Gasteiger partial charge in [-0.15, -0.1) is 0 Å². The Hall–Kier alpha value is -1.75. The molecule has 2 radical (unpaired) electrons. The summed E-state index contributed by atoms with van der Waals surface area (Å²) in [7, 11) is 4.97. The summed E-state index contributed by atoms with van der Waals surface area (Å²) < 4.78 is 0. The number of hydrogen-bond acceptors (Lipinski definition) is 3. The molecular formula is C10H12BN3O. The largest absolute Gasteiger partial charge is 0.398 e. The van der Waals surface area contributed by atoms with Crippen LogP contribution in [0, 0.1) is 0 Å². The number of nitrogens with zero attached hydrogens (tertiary/aromatic N) is 1. The quantitative estimate of drug-likeness (QED) is 0.363. The number of aliphatic hydroxyl groups is 1. The van der Waals surface area contributed by atoms with Crippen LogP contribution in [0.5, 0.6) is 0 Å². The second-order valence-electron chi connectivity index (χ2n) is 3.01. The highest BCUT2D eigenvalue weighted by molar-refractivity contribution is 6.15. The Morgan fingerprint density at radius 2 is 1.93 bits per heavy atom. The van der Waals surface area contributed by atoms with Crippen LogP contribution in [0.3, 0.4) is 0 Å². The van der Waals surface area contributed by atoms with E-state index in [1.807, 2.05) is 0 Å². The van der Waals surface area contributed by atoms with Crippen LogP contribution < -0.4 is 11.5 Å². The Kier molecular flexibility index (Phi) is 3.94. The molecular weight excluding hydrogens is 189 g/mol. The van der Waals surface area contributed by atoms with Gasteiger partial charge in [-0.05, 0) is 11.1 Å². The lowest BCUT2D eigenvalue weighted by molar-refractivity contribution is 0.282. The van der Waals surface area contributed by atoms with Crippen LogP contribution in [-0.2, 0) is 6.61 Å². The molecule has 15 heavy (non-hydrogen) atoms. The maximum absolute atomic E-state index is 8.85. The number of rotatable bonds is 3. The molecule has 4 nitrogen and oxygen atoms in total. The van der Waals surface area contributed by atoms with Crippen molar-refractivity contribution in [1.29, 1.82) is 0 Å². The lowest BCUT2D eigenvalue weighted by Gasteiger charge is -2.03. The van der Waals surface area contributed by atoms with Crippen LogP contribution in [0.2, 0.25) is 0 Å². The first-order valence-corrected chi connectivity index (χ1v) is 4.38. The highest BCUT2D eigenvalue weighted by Gasteiger charge is 1.97. The SMILES string of the molecule is [B]N=C(N)C=C(N)c1ccc(CO)cc1. The summed E-state index contributed by atoms with van der Waals surface area (Å²) in [5.74, 6) is 0.165. The summed E-state index contributed by atoms with van der Waals surface area (Å²) in [5.41, 5.74) is 13.2. The summed E-state index contributed by atoms with van der Waals surface area (Å²) in [5, 5.41) is 8.85. The van der Waals surface area contributed by atoms with Crippen molar-refractivity contribution in [3.63, 3.8) is 0 Å². The van der Waals surface area contributed by atoms with Gasteiger partial charge in [-0.1, -0.05) is 24.3 Å². The third kappa shape index (κ3) is 3.14. The number of amidine groups is 1. The summed E-state index contributed by atoms with van der Waals surface area (Å²) in [6.45, 7) is 0.0102. The third-order valence-electron chi connectivity index (χ3n) is 1.92. The van der Waals surface area contributed by atoms with E-state index < -0.39 is 0 Å². The van der Waals surface area contributed by atoms with Crippen molar-refractivity contribution in [2.45, 2.75) is 6.61 Å². The molecule has 0 saturated heterocycles. The van der Waals surface area contributed by atoms with Crippen LogP contribution in [0.4, 0.5) is 0 Å². The molecule has 1 aromatic carbocycles. The van der Waals surface area contributed by atoms with E-state index >= 15 is 0 Å². The Labute approximate surface area is 89.7 Å². The average molecular weight is 201 g/mol. The fourth-order valence-electron chi connectivity index (χ4n) is 1.08. The highest BCUT2D eigenvalue weighted by Crippen LogP contribution is 2.10. The molecule has 0 aliphatic rings. The van der Waals surface area contributed by atoms with Crippen LogP contribution in [0.25, 0.3) is 5.70 Å². The molecule has 0 bridgehead atoms. The molecule has 0 spiro atoms. The van der Waals surface area contributed by atoms with Crippen molar-refractivity contribution in [2.24, 2.45) is 16.4 Å². The summed E-state index contributed by atoms with van der Waals surface area (Å²) in [6.07, 6.45) is 1.48. The van der Waals surface area contributed by atoms with Crippen LogP contribution in [-0.4, -0.2) is 18.9 Å². The molecule has 76 valence electrons. The first-order valence-electron chi connectivity index (χ1n) is 4.38. The minimum absolute atomic E-state index is 0.0102. The van der Waals surface area contributed by atoms with Gasteiger partial charge in [0.05, 0.1) is 6.61 Å². The van der Waals surface area contributed by atoms with Crippen molar-refractivity contribution in [1.82, 2.24) is 0 Å². The van der Waals surface area contributed by atoms with E-state index in [2.05, 4.69) is 4.90 Å². The number of nitrogens with two attached hydrogens (primary N) is 2. The maximum atomic E-state index is 8.85. The molecule has 0 atom stereocenters. The topological polar surface area (TPSA) is 84.6 Å². The molecule has 0 aliphatic carbocycles. The van der Waals surface area contributed by atoms with Gasteiger partial charge in [0.1, 0.15) is 5.84 Å². The molecule has 5 heteroatoms. The minimum atomic E-state index is 0.0102. The van der Waals surface area contributed by atoms with E-state index in [9.17, 15) is 0 Å². The van der Waals surface area contributed by atoms with Gasteiger partial charge >= 0.3 is 0 Å². The van der Waals surface area contributed by atoms with Gasteiger partial charge in [-0.2, -0.15) is 0 Å². The van der Waals surface area contributed by atoms with E-state index in [0.717, 1.165) is 11.1 Å². The fraction of sp³-hybridized carbons (Fsp3) is 0.100. The molecule has 0 aromatic heterocycles. The average Bonchev–Trinajstić information content (AvgIpc) is 2.29. The van der Waals surface area contributed by atoms with E-state index in [1.54, 1.807) is 24.3 Å². The highest BCUT2D eigenvalue weighted by atomic mass is 16.3. The van der Waals surface area contributed by atoms with Crippen LogP contribution in [0.15, 0.2) is 35.2 Å². The molecule has 0 saturated carbocycles. The zero-order valence-corrected chi connectivity index (χ0v) is 8.22. The number of aliphatic hydroxyl groups excluding tert-OH is 1. The Morgan fingerprint density at radius 1 is 1.33 bits per heavy atom. The van der Waals surface area contributed by atoms with E-state index in [0.29, 0.717) is 5.70 Å². The predicted octanol–water partition coefficient (Wildman–Crippen LogP) is -0.0808. The van der Waals surface area contributed by atoms with Crippen molar-refractivity contribution in [2.75, 3.05) is 0 Å². The molecule has 0 unspecified atom stereocenters. The number of benzene rings is 1. The summed E-state index contributed by atoms with van der Waals surface area (Å²) in [4.78, 5) is 3.29. The smallest absolute Gasteiger partial charge is 0.262 e. The van der Waals surface area contributed by atoms with E-state index in [1.165, 1.54) is 6.08 Å². The normalized spacial score (nSPS) is 12.9. The molecule has 0 aliphatic heterocycles. The molecule has 0 amide bonds. The zero-order chi connectivity index (χ0) is 11.3. The van der Waals surface area contributed by atoms with Gasteiger partial charge in [-0.3, -0.25) is 0 Å². The Bertz CT molecular complexity index is 384. The lowest BCUT2D eigenvalue weighted by Crippen LogP contribution is -2.11. The molecule has 1 aromatic rings. The second-order valence-corrected chi connectivity index (χ2v) is 3.01. The molecule has 0 heterocycles. The van der Waals surface area contributed by atoms with Crippen molar-refractivity contribution in [3.8, 4) is 0 Å². The van der Waals surface area contributed by atoms with E-state index in [-0.39, 0.29) is 12.4 Å². The molecule has 0 fully saturated rings. The van der Waals surface area contributed by atoms with Gasteiger partial charge in [0.25, 0.3) is 7.98 Å². The Morgan fingerprint density at radius 3 is 2.40 bits per heavy atom. The predicted molar refractivity (Wildman–Crippen MR) is 61.9 cm³/mol. The van der Waals surface area contributed by atoms with Gasteiger partial charge in [0.2, 0.25) is 0 Å². The van der Waals surface area contributed by atoms with Crippen LogP contribution >= 0.6 is 0 Å². The van der Waals surface area contributed by atoms with Gasteiger partial charge in [0, 0.05) is 11.8 Å². The van der Waals surface area contributed by atoms with Gasteiger partial charge in [-0.25, -0.2) is 0 Å². The standard InChI is InChI=1S/C10H12BN3O/c11-14-10(13)5-9(12)8-3-1-7(6-15)2-4-8/h1-5,15H,6,12H2,(H2,13,14). The monoisotopic (exact) mass is 201 g/mol. The van der Waals surface area contributed by atoms with Gasteiger partial charge < -0.3 is 21.5 Å². The zero-order valence-electron chi connectivity index (χ0n) is 8.22.